The molecule has 3 heterocycles. The number of nitrogens with zero attached hydrogens (tertiary/aromatic N) is 3. The molecule has 1 fully saturated rings. The van der Waals surface area contributed by atoms with Gasteiger partial charge in [0.2, 0.25) is 0 Å². The zero-order valence-corrected chi connectivity index (χ0v) is 16.3. The SMILES string of the molecule is COc1ccc2c(N3CCC4(CC3)CNCc3ccccc3O4)ncnc2c1F. The number of anilines is 1. The van der Waals surface area contributed by atoms with E-state index in [0.717, 1.165) is 50.6 Å². The van der Waals surface area contributed by atoms with Gasteiger partial charge < -0.3 is 19.7 Å². The van der Waals surface area contributed by atoms with E-state index in [4.69, 9.17) is 9.47 Å². The van der Waals surface area contributed by atoms with Crippen molar-refractivity contribution in [1.29, 1.82) is 0 Å². The van der Waals surface area contributed by atoms with Crippen molar-refractivity contribution in [2.75, 3.05) is 31.6 Å². The van der Waals surface area contributed by atoms with Gasteiger partial charge in [-0.25, -0.2) is 14.4 Å². The first kappa shape index (κ1) is 18.1. The van der Waals surface area contributed by atoms with Crippen LogP contribution in [0, 0.1) is 5.82 Å². The maximum absolute atomic E-state index is 14.6. The van der Waals surface area contributed by atoms with Crippen LogP contribution >= 0.6 is 0 Å². The number of fused-ring (bicyclic) bond motifs is 2. The predicted octanol–water partition coefficient (Wildman–Crippen LogP) is 3.30. The van der Waals surface area contributed by atoms with Crippen LogP contribution in [0.3, 0.4) is 0 Å². The highest BCUT2D eigenvalue weighted by molar-refractivity contribution is 5.90. The van der Waals surface area contributed by atoms with Crippen LogP contribution in [0.2, 0.25) is 0 Å². The monoisotopic (exact) mass is 394 g/mol. The Labute approximate surface area is 168 Å². The van der Waals surface area contributed by atoms with Gasteiger partial charge in [-0.2, -0.15) is 0 Å². The first-order valence-corrected chi connectivity index (χ1v) is 9.89. The minimum Gasteiger partial charge on any atom is -0.494 e. The van der Waals surface area contributed by atoms with Crippen molar-refractivity contribution in [2.45, 2.75) is 25.0 Å². The molecule has 0 atom stereocenters. The topological polar surface area (TPSA) is 59.5 Å². The lowest BCUT2D eigenvalue weighted by atomic mass is 9.90. The molecular weight excluding hydrogens is 371 g/mol. The number of hydrogen-bond donors (Lipinski definition) is 1. The van der Waals surface area contributed by atoms with E-state index in [1.54, 1.807) is 6.07 Å². The molecule has 6 nitrogen and oxygen atoms in total. The molecule has 0 radical (unpaired) electrons. The Kier molecular flexibility index (Phi) is 4.47. The summed E-state index contributed by atoms with van der Waals surface area (Å²) in [5.41, 5.74) is 1.24. The summed E-state index contributed by atoms with van der Waals surface area (Å²) in [4.78, 5) is 10.8. The second-order valence-corrected chi connectivity index (χ2v) is 7.66. The summed E-state index contributed by atoms with van der Waals surface area (Å²) < 4.78 is 26.2. The molecule has 5 rings (SSSR count). The zero-order valence-electron chi connectivity index (χ0n) is 16.3. The van der Waals surface area contributed by atoms with E-state index in [0.29, 0.717) is 5.39 Å². The minimum absolute atomic E-state index is 0.191. The van der Waals surface area contributed by atoms with Crippen LogP contribution < -0.4 is 19.7 Å². The van der Waals surface area contributed by atoms with Crippen molar-refractivity contribution < 1.29 is 13.9 Å². The lowest BCUT2D eigenvalue weighted by molar-refractivity contribution is 0.0482. The van der Waals surface area contributed by atoms with Gasteiger partial charge in [-0.3, -0.25) is 0 Å². The molecule has 7 heteroatoms. The largest absolute Gasteiger partial charge is 0.494 e. The summed E-state index contributed by atoms with van der Waals surface area (Å²) in [5, 5.41) is 4.24. The number of hydrogen-bond acceptors (Lipinski definition) is 6. The average Bonchev–Trinajstić information content (AvgIpc) is 2.93. The van der Waals surface area contributed by atoms with Crippen LogP contribution in [0.5, 0.6) is 11.5 Å². The van der Waals surface area contributed by atoms with Gasteiger partial charge >= 0.3 is 0 Å². The molecule has 150 valence electrons. The smallest absolute Gasteiger partial charge is 0.191 e. The van der Waals surface area contributed by atoms with Gasteiger partial charge in [0.25, 0.3) is 0 Å². The fraction of sp³-hybridized carbons (Fsp3) is 0.364. The highest BCUT2D eigenvalue weighted by Crippen LogP contribution is 2.36. The maximum Gasteiger partial charge on any atom is 0.191 e. The summed E-state index contributed by atoms with van der Waals surface area (Å²) in [6.07, 6.45) is 3.14. The molecule has 0 saturated carbocycles. The van der Waals surface area contributed by atoms with Crippen molar-refractivity contribution in [1.82, 2.24) is 15.3 Å². The molecule has 0 bridgehead atoms. The third kappa shape index (κ3) is 3.15. The molecule has 1 aromatic heterocycles. The first-order chi connectivity index (χ1) is 14.2. The van der Waals surface area contributed by atoms with E-state index in [2.05, 4.69) is 26.3 Å². The van der Waals surface area contributed by atoms with Crippen LogP contribution in [0.25, 0.3) is 10.9 Å². The van der Waals surface area contributed by atoms with E-state index in [1.807, 2.05) is 24.3 Å². The highest BCUT2D eigenvalue weighted by atomic mass is 19.1. The average molecular weight is 394 g/mol. The Morgan fingerprint density at radius 3 is 2.79 bits per heavy atom. The van der Waals surface area contributed by atoms with Crippen LogP contribution in [0.15, 0.2) is 42.7 Å². The number of ether oxygens (including phenoxy) is 2. The molecular formula is C22H23FN4O2. The predicted molar refractivity (Wildman–Crippen MR) is 109 cm³/mol. The number of piperidine rings is 1. The second-order valence-electron chi connectivity index (χ2n) is 7.66. The third-order valence-electron chi connectivity index (χ3n) is 5.94. The van der Waals surface area contributed by atoms with Gasteiger partial charge in [-0.05, 0) is 18.2 Å². The van der Waals surface area contributed by atoms with Gasteiger partial charge in [0, 0.05) is 50.0 Å². The fourth-order valence-corrected chi connectivity index (χ4v) is 4.32. The number of benzene rings is 2. The maximum atomic E-state index is 14.6. The molecule has 2 aliphatic rings. The quantitative estimate of drug-likeness (QED) is 0.720. The summed E-state index contributed by atoms with van der Waals surface area (Å²) in [7, 11) is 1.45. The molecule has 0 unspecified atom stereocenters. The van der Waals surface area contributed by atoms with E-state index < -0.39 is 5.82 Å². The van der Waals surface area contributed by atoms with Crippen LogP contribution in [-0.4, -0.2) is 42.3 Å². The summed E-state index contributed by atoms with van der Waals surface area (Å²) in [6.45, 7) is 3.19. The Morgan fingerprint density at radius 1 is 1.14 bits per heavy atom. The van der Waals surface area contributed by atoms with Crippen molar-refractivity contribution in [3.63, 3.8) is 0 Å². The summed E-state index contributed by atoms with van der Waals surface area (Å²) >= 11 is 0. The van der Waals surface area contributed by atoms with E-state index in [-0.39, 0.29) is 16.9 Å². The summed E-state index contributed by atoms with van der Waals surface area (Å²) in [6, 6.07) is 11.7. The van der Waals surface area contributed by atoms with Gasteiger partial charge in [0.1, 0.15) is 29.0 Å². The van der Waals surface area contributed by atoms with Gasteiger partial charge in [0.05, 0.1) is 7.11 Å². The number of para-hydroxylation sites is 1. The molecule has 1 N–H and O–H groups in total. The molecule has 2 aromatic carbocycles. The molecule has 1 spiro atoms. The number of methoxy groups -OCH3 is 1. The number of rotatable bonds is 2. The Hall–Kier alpha value is -2.93. The Bertz CT molecular complexity index is 1050. The lowest BCUT2D eigenvalue weighted by Gasteiger charge is -2.41. The van der Waals surface area contributed by atoms with Crippen LogP contribution in [0.1, 0.15) is 18.4 Å². The van der Waals surface area contributed by atoms with Crippen molar-refractivity contribution in [3.8, 4) is 11.5 Å². The first-order valence-electron chi connectivity index (χ1n) is 9.89. The van der Waals surface area contributed by atoms with Crippen molar-refractivity contribution in [2.24, 2.45) is 0 Å². The molecule has 2 aliphatic heterocycles. The molecule has 1 saturated heterocycles. The molecule has 0 aliphatic carbocycles. The molecule has 29 heavy (non-hydrogen) atoms. The van der Waals surface area contributed by atoms with Gasteiger partial charge in [-0.15, -0.1) is 0 Å². The Balaban J connectivity index is 1.41. The van der Waals surface area contributed by atoms with E-state index >= 15 is 0 Å². The molecule has 3 aromatic rings. The normalized spacial score (nSPS) is 18.2. The molecule has 0 amide bonds. The highest BCUT2D eigenvalue weighted by Gasteiger charge is 2.39. The lowest BCUT2D eigenvalue weighted by Crippen LogP contribution is -2.52. The second kappa shape index (κ2) is 7.15. The standard InChI is InChI=1S/C22H23FN4O2/c1-28-18-7-6-16-20(19(18)23)25-14-26-21(16)27-10-8-22(9-11-27)13-24-12-15-4-2-3-5-17(15)29-22/h2-7,14,24H,8-13H2,1H3. The number of halogens is 1. The van der Waals surface area contributed by atoms with Gasteiger partial charge in [0.15, 0.2) is 11.6 Å². The van der Waals surface area contributed by atoms with Crippen molar-refractivity contribution in [3.05, 3.63) is 54.1 Å². The van der Waals surface area contributed by atoms with Gasteiger partial charge in [-0.1, -0.05) is 18.2 Å². The number of aromatic nitrogens is 2. The van der Waals surface area contributed by atoms with Crippen LogP contribution in [-0.2, 0) is 6.54 Å². The van der Waals surface area contributed by atoms with E-state index in [9.17, 15) is 4.39 Å². The fourth-order valence-electron chi connectivity index (χ4n) is 4.32. The Morgan fingerprint density at radius 2 is 1.97 bits per heavy atom. The minimum atomic E-state index is -0.449. The van der Waals surface area contributed by atoms with Crippen molar-refractivity contribution >= 4 is 16.7 Å². The third-order valence-corrected chi connectivity index (χ3v) is 5.94. The number of nitrogens with one attached hydrogen (secondary N) is 1. The van der Waals surface area contributed by atoms with E-state index in [1.165, 1.54) is 19.0 Å². The summed E-state index contributed by atoms with van der Waals surface area (Å²) in [5.74, 6) is 1.47. The van der Waals surface area contributed by atoms with Crippen LogP contribution in [0.4, 0.5) is 10.2 Å². The zero-order chi connectivity index (χ0) is 19.8.